The van der Waals surface area contributed by atoms with E-state index in [0.717, 1.165) is 19.3 Å². The highest BCUT2D eigenvalue weighted by Crippen LogP contribution is 2.32. The number of benzene rings is 1. The van der Waals surface area contributed by atoms with Crippen LogP contribution in [-0.2, 0) is 4.79 Å². The smallest absolute Gasteiger partial charge is 0.163 e. The van der Waals surface area contributed by atoms with E-state index >= 15 is 0 Å². The van der Waals surface area contributed by atoms with Crippen LogP contribution in [0.25, 0.3) is 0 Å². The molecule has 2 rings (SSSR count). The molecule has 0 bridgehead atoms. The molecule has 0 amide bonds. The first-order valence-corrected chi connectivity index (χ1v) is 6.08. The van der Waals surface area contributed by atoms with Gasteiger partial charge in [0, 0.05) is 17.9 Å². The van der Waals surface area contributed by atoms with Crippen LogP contribution in [0.15, 0.2) is 12.1 Å². The van der Waals surface area contributed by atoms with Gasteiger partial charge in [0.05, 0.1) is 0 Å². The van der Waals surface area contributed by atoms with Crippen molar-refractivity contribution in [2.75, 3.05) is 0 Å². The minimum absolute atomic E-state index is 0.0460. The lowest BCUT2D eigenvalue weighted by Gasteiger charge is -2.15. The van der Waals surface area contributed by atoms with E-state index in [-0.39, 0.29) is 16.9 Å². The minimum atomic E-state index is -0.842. The minimum Gasteiger partial charge on any atom is -0.299 e. The Morgan fingerprint density at radius 2 is 1.88 bits per heavy atom. The van der Waals surface area contributed by atoms with Gasteiger partial charge in [-0.2, -0.15) is 0 Å². The quantitative estimate of drug-likeness (QED) is 0.678. The number of hydrogen-bond acceptors (Lipinski definition) is 1. The second-order valence-corrected chi connectivity index (χ2v) is 4.72. The molecule has 3 heteroatoms. The lowest BCUT2D eigenvalue weighted by atomic mass is 9.89. The lowest BCUT2D eigenvalue weighted by molar-refractivity contribution is -0.120. The van der Waals surface area contributed by atoms with Crippen LogP contribution in [0.1, 0.15) is 49.1 Å². The fourth-order valence-corrected chi connectivity index (χ4v) is 2.42. The summed E-state index contributed by atoms with van der Waals surface area (Å²) in [5.41, 5.74) is 0.521. The van der Waals surface area contributed by atoms with E-state index in [1.165, 1.54) is 6.92 Å². The van der Waals surface area contributed by atoms with Gasteiger partial charge < -0.3 is 0 Å². The normalized spacial score (nSPS) is 21.4. The van der Waals surface area contributed by atoms with Crippen molar-refractivity contribution in [1.82, 2.24) is 0 Å². The Kier molecular flexibility index (Phi) is 3.55. The van der Waals surface area contributed by atoms with Gasteiger partial charge in [0.2, 0.25) is 0 Å². The molecule has 1 nitrogen and oxygen atoms in total. The summed E-state index contributed by atoms with van der Waals surface area (Å²) in [4.78, 5) is 11.9. The molecule has 0 saturated heterocycles. The lowest BCUT2D eigenvalue weighted by Crippen LogP contribution is -2.13. The van der Waals surface area contributed by atoms with Crippen LogP contribution < -0.4 is 0 Å². The van der Waals surface area contributed by atoms with Crippen LogP contribution in [0, 0.1) is 18.6 Å². The van der Waals surface area contributed by atoms with Crippen LogP contribution in [-0.4, -0.2) is 5.78 Å². The second-order valence-electron chi connectivity index (χ2n) is 4.72. The van der Waals surface area contributed by atoms with Crippen molar-refractivity contribution in [2.45, 2.75) is 44.9 Å². The number of ketones is 1. The third kappa shape index (κ3) is 2.38. The zero-order valence-electron chi connectivity index (χ0n) is 9.93. The molecular weight excluding hydrogens is 222 g/mol. The van der Waals surface area contributed by atoms with Crippen molar-refractivity contribution in [3.63, 3.8) is 0 Å². The van der Waals surface area contributed by atoms with E-state index in [1.807, 2.05) is 0 Å². The molecule has 1 atom stereocenters. The Labute approximate surface area is 99.8 Å². The third-order valence-corrected chi connectivity index (χ3v) is 3.49. The zero-order valence-corrected chi connectivity index (χ0v) is 9.93. The first-order valence-electron chi connectivity index (χ1n) is 6.08. The topological polar surface area (TPSA) is 17.1 Å². The molecule has 0 aliphatic heterocycles. The van der Waals surface area contributed by atoms with E-state index < -0.39 is 17.6 Å². The molecule has 0 heterocycles. The number of aryl methyl sites for hydroxylation is 1. The Bertz CT molecular complexity index is 440. The average molecular weight is 238 g/mol. The van der Waals surface area contributed by atoms with Gasteiger partial charge in [0.15, 0.2) is 11.6 Å². The van der Waals surface area contributed by atoms with Gasteiger partial charge in [-0.1, -0.05) is 25.0 Å². The first-order chi connectivity index (χ1) is 8.11. The second kappa shape index (κ2) is 4.94. The van der Waals surface area contributed by atoms with Gasteiger partial charge >= 0.3 is 0 Å². The van der Waals surface area contributed by atoms with Gasteiger partial charge in [-0.15, -0.1) is 0 Å². The Balaban J connectivity index is 2.38. The van der Waals surface area contributed by atoms with Crippen molar-refractivity contribution < 1.29 is 13.6 Å². The maximum Gasteiger partial charge on any atom is 0.163 e. The van der Waals surface area contributed by atoms with E-state index in [2.05, 4.69) is 0 Å². The molecule has 0 N–H and O–H groups in total. The predicted molar refractivity (Wildman–Crippen MR) is 61.9 cm³/mol. The van der Waals surface area contributed by atoms with Crippen LogP contribution >= 0.6 is 0 Å². The summed E-state index contributed by atoms with van der Waals surface area (Å²) in [6, 6.07) is 3.10. The van der Waals surface area contributed by atoms with Crippen molar-refractivity contribution in [1.29, 1.82) is 0 Å². The maximum absolute atomic E-state index is 13.8. The molecule has 1 aromatic carbocycles. The molecular formula is C14H16F2O. The summed E-state index contributed by atoms with van der Waals surface area (Å²) in [6.45, 7) is 1.52. The highest BCUT2D eigenvalue weighted by Gasteiger charge is 2.26. The SMILES string of the molecule is Cc1ccc(C2CCCCCC2=O)c(F)c1F. The summed E-state index contributed by atoms with van der Waals surface area (Å²) < 4.78 is 27.3. The molecule has 0 spiro atoms. The molecule has 1 fully saturated rings. The van der Waals surface area contributed by atoms with Gasteiger partial charge in [-0.3, -0.25) is 4.79 Å². The summed E-state index contributed by atoms with van der Waals surface area (Å²) in [6.07, 6.45) is 3.90. The fourth-order valence-electron chi connectivity index (χ4n) is 2.42. The van der Waals surface area contributed by atoms with E-state index in [1.54, 1.807) is 12.1 Å². The Hall–Kier alpha value is -1.25. The summed E-state index contributed by atoms with van der Waals surface area (Å²) >= 11 is 0. The first kappa shape index (κ1) is 12.2. The van der Waals surface area contributed by atoms with Crippen LogP contribution in [0.5, 0.6) is 0 Å². The molecule has 1 aliphatic rings. The van der Waals surface area contributed by atoms with Crippen LogP contribution in [0.2, 0.25) is 0 Å². The highest BCUT2D eigenvalue weighted by atomic mass is 19.2. The molecule has 1 aliphatic carbocycles. The number of halogens is 2. The predicted octanol–water partition coefficient (Wildman–Crippen LogP) is 3.89. The highest BCUT2D eigenvalue weighted by molar-refractivity contribution is 5.86. The molecule has 1 unspecified atom stereocenters. The molecule has 1 saturated carbocycles. The van der Waals surface area contributed by atoms with Crippen molar-refractivity contribution in [2.24, 2.45) is 0 Å². The number of hydrogen-bond donors (Lipinski definition) is 0. The standard InChI is InChI=1S/C14H16F2O/c1-9-7-8-11(14(16)13(9)15)10-5-3-2-4-6-12(10)17/h7-8,10H,2-6H2,1H3. The average Bonchev–Trinajstić information content (AvgIpc) is 2.52. The summed E-state index contributed by atoms with van der Waals surface area (Å²) in [7, 11) is 0. The summed E-state index contributed by atoms with van der Waals surface area (Å²) in [5.74, 6) is -2.07. The van der Waals surface area contributed by atoms with E-state index in [4.69, 9.17) is 0 Å². The largest absolute Gasteiger partial charge is 0.299 e. The van der Waals surface area contributed by atoms with Crippen molar-refractivity contribution >= 4 is 5.78 Å². The van der Waals surface area contributed by atoms with Gasteiger partial charge in [-0.05, 0) is 25.3 Å². The Morgan fingerprint density at radius 1 is 1.12 bits per heavy atom. The molecule has 92 valence electrons. The number of carbonyl (C=O) groups is 1. The van der Waals surface area contributed by atoms with Crippen molar-refractivity contribution in [3.8, 4) is 0 Å². The zero-order chi connectivity index (χ0) is 12.4. The third-order valence-electron chi connectivity index (χ3n) is 3.49. The molecule has 0 aromatic heterocycles. The number of rotatable bonds is 1. The van der Waals surface area contributed by atoms with Crippen molar-refractivity contribution in [3.05, 3.63) is 34.9 Å². The van der Waals surface area contributed by atoms with Crippen LogP contribution in [0.3, 0.4) is 0 Å². The number of Topliss-reactive ketones (excluding diaryl/α,β-unsaturated/α-hetero) is 1. The molecule has 0 radical (unpaired) electrons. The van der Waals surface area contributed by atoms with E-state index in [0.29, 0.717) is 12.8 Å². The van der Waals surface area contributed by atoms with Gasteiger partial charge in [0.1, 0.15) is 5.78 Å². The Morgan fingerprint density at radius 3 is 2.65 bits per heavy atom. The molecule has 17 heavy (non-hydrogen) atoms. The monoisotopic (exact) mass is 238 g/mol. The van der Waals surface area contributed by atoms with E-state index in [9.17, 15) is 13.6 Å². The number of carbonyl (C=O) groups excluding carboxylic acids is 1. The van der Waals surface area contributed by atoms with Gasteiger partial charge in [0.25, 0.3) is 0 Å². The van der Waals surface area contributed by atoms with Gasteiger partial charge in [-0.25, -0.2) is 8.78 Å². The van der Waals surface area contributed by atoms with Crippen LogP contribution in [0.4, 0.5) is 8.78 Å². The maximum atomic E-state index is 13.8. The summed E-state index contributed by atoms with van der Waals surface area (Å²) in [5, 5.41) is 0. The molecule has 1 aromatic rings. The fraction of sp³-hybridized carbons (Fsp3) is 0.500.